The van der Waals surface area contributed by atoms with Crippen molar-refractivity contribution in [2.75, 3.05) is 24.4 Å². The summed E-state index contributed by atoms with van der Waals surface area (Å²) in [5.41, 5.74) is 10.9. The van der Waals surface area contributed by atoms with Crippen LogP contribution in [-0.4, -0.2) is 109 Å². The fraction of sp³-hybridized carbons (Fsp3) is 0.524. The molecule has 2 bridgehead atoms. The summed E-state index contributed by atoms with van der Waals surface area (Å²) in [4.78, 5) is 56.4. The molecule has 3 aliphatic rings. The molecule has 9 N–H and O–H groups in total. The Bertz CT molecular complexity index is 1990. The van der Waals surface area contributed by atoms with Gasteiger partial charge in [-0.1, -0.05) is 0 Å². The molecule has 0 radical (unpaired) electrons. The van der Waals surface area contributed by atoms with Gasteiger partial charge >= 0.3 is 15.4 Å². The van der Waals surface area contributed by atoms with E-state index in [4.69, 9.17) is 39.2 Å². The maximum Gasteiger partial charge on any atom is 0.472 e. The summed E-state index contributed by atoms with van der Waals surface area (Å²) in [5.74, 6) is 0.0447. The van der Waals surface area contributed by atoms with E-state index in [0.29, 0.717) is 0 Å². The Hall–Kier alpha value is -3.44. The van der Waals surface area contributed by atoms with E-state index in [9.17, 15) is 33.9 Å². The lowest BCUT2D eigenvalue weighted by atomic mass is 10.1. The number of nitrogens with two attached hydrogens (primary N) is 2. The monoisotopic (exact) mass is 688 g/mol. The van der Waals surface area contributed by atoms with E-state index in [1.165, 1.54) is 10.9 Å². The zero-order valence-electron chi connectivity index (χ0n) is 23.3. The number of nitrogens with one attached hydrogen (secondary N) is 1. The Labute approximate surface area is 255 Å². The standard InChI is InChI=1S/C21H26N10O13P2/c1-6-26-14(22)8-15(27-6)30(3-24-8)18-10(32)12-7(41-18)2-40-46(37,38)44-13-11(33)20(39-5-45(35,36)43-12)42-19(13)31-4-25-9-16(31)28-21(23)29-17(9)34/h3-4,7,10-13,18-20,32-33H,2,5H2,1H3,(H,35,36)(H,37,38)(H2,22,26,27)(H3,23,28,29,34)/t7-,10?,11-,12+,13?,18-,19-,20+/m1/s1. The van der Waals surface area contributed by atoms with Gasteiger partial charge < -0.3 is 45.7 Å². The van der Waals surface area contributed by atoms with E-state index < -0.39 is 83.2 Å². The molecule has 3 saturated heterocycles. The van der Waals surface area contributed by atoms with Crippen LogP contribution in [0, 0.1) is 6.92 Å². The number of imidazole rings is 2. The van der Waals surface area contributed by atoms with Crippen molar-refractivity contribution in [2.45, 2.75) is 56.2 Å². The number of ether oxygens (including phenoxy) is 3. The minimum atomic E-state index is -5.14. The number of anilines is 2. The molecule has 0 saturated carbocycles. The summed E-state index contributed by atoms with van der Waals surface area (Å²) in [5, 5.41) is 22.2. The quantitative estimate of drug-likeness (QED) is 0.112. The lowest BCUT2D eigenvalue weighted by molar-refractivity contribution is -0.168. The number of rotatable bonds is 2. The van der Waals surface area contributed by atoms with Gasteiger partial charge in [0.2, 0.25) is 5.95 Å². The van der Waals surface area contributed by atoms with Crippen LogP contribution in [-0.2, 0) is 36.9 Å². The molecule has 7 heterocycles. The fourth-order valence-corrected chi connectivity index (χ4v) is 7.39. The molecular formula is C21H26N10O13P2. The maximum absolute atomic E-state index is 13.2. The van der Waals surface area contributed by atoms with Gasteiger partial charge in [-0.05, 0) is 6.92 Å². The lowest BCUT2D eigenvalue weighted by Crippen LogP contribution is -2.36. The van der Waals surface area contributed by atoms with Crippen LogP contribution in [0.1, 0.15) is 18.3 Å². The number of phosphoric ester groups is 1. The second kappa shape index (κ2) is 11.1. The van der Waals surface area contributed by atoms with Crippen LogP contribution in [0.25, 0.3) is 22.3 Å². The average Bonchev–Trinajstić information content (AvgIpc) is 3.72. The van der Waals surface area contributed by atoms with E-state index >= 15 is 0 Å². The molecule has 4 aromatic heterocycles. The average molecular weight is 688 g/mol. The van der Waals surface area contributed by atoms with Crippen molar-refractivity contribution in [3.8, 4) is 0 Å². The van der Waals surface area contributed by atoms with Crippen molar-refractivity contribution in [3.05, 3.63) is 28.8 Å². The Balaban J connectivity index is 1.21. The van der Waals surface area contributed by atoms with Crippen molar-refractivity contribution in [1.29, 1.82) is 0 Å². The van der Waals surface area contributed by atoms with E-state index in [-0.39, 0.29) is 39.9 Å². The SMILES string of the molecule is Cc1nc(N)c2ncn([C@@H]3O[C@@H]4COP(=O)(O)OC5[C@@H](O)[C@@H](OCP(=O)(O)O[C@@H]4C3O)O[C@H]5n3cnc4c(=O)[nH]c(N)nc43)c2n1. The van der Waals surface area contributed by atoms with E-state index in [1.807, 2.05) is 0 Å². The number of hydrogen-bond donors (Lipinski definition) is 7. The predicted molar refractivity (Wildman–Crippen MR) is 148 cm³/mol. The molecule has 3 aliphatic heterocycles. The van der Waals surface area contributed by atoms with Crippen LogP contribution in [0.15, 0.2) is 17.4 Å². The highest BCUT2D eigenvalue weighted by molar-refractivity contribution is 7.52. The van der Waals surface area contributed by atoms with Gasteiger partial charge in [0.15, 0.2) is 47.7 Å². The summed E-state index contributed by atoms with van der Waals surface area (Å²) in [7, 11) is -9.93. The molecule has 248 valence electrons. The molecule has 0 spiro atoms. The van der Waals surface area contributed by atoms with Gasteiger partial charge in [0.25, 0.3) is 5.56 Å². The van der Waals surface area contributed by atoms with Gasteiger partial charge in [0.1, 0.15) is 41.9 Å². The second-order valence-electron chi connectivity index (χ2n) is 10.5. The van der Waals surface area contributed by atoms with Crippen molar-refractivity contribution in [3.63, 3.8) is 0 Å². The molecule has 3 fully saturated rings. The molecule has 10 atom stereocenters. The van der Waals surface area contributed by atoms with Gasteiger partial charge in [-0.3, -0.25) is 37.0 Å². The summed E-state index contributed by atoms with van der Waals surface area (Å²) in [6.45, 7) is 0.751. The first-order valence-corrected chi connectivity index (χ1v) is 16.6. The Morgan fingerprint density at radius 3 is 2.39 bits per heavy atom. The molecule has 7 rings (SSSR count). The predicted octanol–water partition coefficient (Wildman–Crippen LogP) is -2.03. The third kappa shape index (κ3) is 5.39. The summed E-state index contributed by atoms with van der Waals surface area (Å²) in [6.07, 6.45) is -11.8. The number of phosphoric acid groups is 1. The molecule has 23 nitrogen and oxygen atoms in total. The highest BCUT2D eigenvalue weighted by atomic mass is 31.2. The lowest BCUT2D eigenvalue weighted by Gasteiger charge is -2.25. The molecule has 25 heteroatoms. The minimum absolute atomic E-state index is 0.0540. The molecular weight excluding hydrogens is 662 g/mol. The molecule has 4 aromatic rings. The van der Waals surface area contributed by atoms with Crippen LogP contribution < -0.4 is 17.0 Å². The largest absolute Gasteiger partial charge is 0.472 e. The summed E-state index contributed by atoms with van der Waals surface area (Å²) < 4.78 is 61.6. The molecule has 46 heavy (non-hydrogen) atoms. The molecule has 0 aromatic carbocycles. The van der Waals surface area contributed by atoms with Crippen molar-refractivity contribution < 1.29 is 56.9 Å². The number of aromatic nitrogens is 8. The number of aryl methyl sites for hydroxylation is 1. The van der Waals surface area contributed by atoms with Crippen molar-refractivity contribution in [1.82, 2.24) is 39.0 Å². The number of hydrogen-bond acceptors (Lipinski definition) is 18. The molecule has 0 aliphatic carbocycles. The number of nitrogen functional groups attached to an aromatic ring is 2. The van der Waals surface area contributed by atoms with Gasteiger partial charge in [0.05, 0.1) is 19.3 Å². The van der Waals surface area contributed by atoms with Crippen LogP contribution in [0.4, 0.5) is 11.8 Å². The number of nitrogens with zero attached hydrogens (tertiary/aromatic N) is 7. The third-order valence-corrected chi connectivity index (χ3v) is 9.42. The van der Waals surface area contributed by atoms with Gasteiger partial charge in [-0.15, -0.1) is 0 Å². The zero-order chi connectivity index (χ0) is 32.7. The van der Waals surface area contributed by atoms with Crippen molar-refractivity contribution in [2.24, 2.45) is 0 Å². The first-order chi connectivity index (χ1) is 21.7. The van der Waals surface area contributed by atoms with E-state index in [2.05, 4.69) is 29.9 Å². The van der Waals surface area contributed by atoms with Gasteiger partial charge in [-0.2, -0.15) is 4.98 Å². The first kappa shape index (κ1) is 31.2. The van der Waals surface area contributed by atoms with Gasteiger partial charge in [-0.25, -0.2) is 24.5 Å². The minimum Gasteiger partial charge on any atom is -0.386 e. The van der Waals surface area contributed by atoms with E-state index in [1.54, 1.807) is 6.92 Å². The first-order valence-electron chi connectivity index (χ1n) is 13.3. The topological polar surface area (TPSA) is 330 Å². The highest BCUT2D eigenvalue weighted by Crippen LogP contribution is 2.53. The second-order valence-corrected chi connectivity index (χ2v) is 13.7. The number of aliphatic hydroxyl groups is 2. The highest BCUT2D eigenvalue weighted by Gasteiger charge is 2.54. The Kier molecular flexibility index (Phi) is 7.51. The van der Waals surface area contributed by atoms with Crippen LogP contribution in [0.5, 0.6) is 0 Å². The van der Waals surface area contributed by atoms with Gasteiger partial charge in [0, 0.05) is 0 Å². The Morgan fingerprint density at radius 2 is 1.63 bits per heavy atom. The number of aromatic amines is 1. The van der Waals surface area contributed by atoms with Crippen LogP contribution in [0.2, 0.25) is 0 Å². The van der Waals surface area contributed by atoms with Crippen molar-refractivity contribution >= 4 is 49.5 Å². The summed E-state index contributed by atoms with van der Waals surface area (Å²) in [6, 6.07) is 0. The zero-order valence-corrected chi connectivity index (χ0v) is 25.1. The number of fused-ring (bicyclic) bond motifs is 5. The molecule has 4 unspecified atom stereocenters. The Morgan fingerprint density at radius 1 is 0.935 bits per heavy atom. The van der Waals surface area contributed by atoms with E-state index in [0.717, 1.165) is 10.9 Å². The fourth-order valence-electron chi connectivity index (χ4n) is 5.42. The number of H-pyrrole nitrogens is 1. The van der Waals surface area contributed by atoms with Crippen LogP contribution >= 0.6 is 15.4 Å². The number of aliphatic hydroxyl groups excluding tert-OH is 2. The normalized spacial score (nSPS) is 37.2. The smallest absolute Gasteiger partial charge is 0.386 e. The molecule has 0 amide bonds. The summed E-state index contributed by atoms with van der Waals surface area (Å²) >= 11 is 0. The maximum atomic E-state index is 13.2. The van der Waals surface area contributed by atoms with Crippen LogP contribution in [0.3, 0.4) is 0 Å². The third-order valence-electron chi connectivity index (χ3n) is 7.38.